The topological polar surface area (TPSA) is 26.3 Å². The molecule has 0 aromatic heterocycles. The zero-order valence-electron chi connectivity index (χ0n) is 7.30. The van der Waals surface area contributed by atoms with Crippen molar-refractivity contribution in [2.24, 2.45) is 0 Å². The first-order valence-corrected chi connectivity index (χ1v) is 3.88. The first-order valence-electron chi connectivity index (χ1n) is 3.88. The maximum absolute atomic E-state index is 13.0. The Labute approximate surface area is 79.8 Å². The van der Waals surface area contributed by atoms with E-state index in [2.05, 4.69) is 11.3 Å². The monoisotopic (exact) mass is 198 g/mol. The molecule has 74 valence electrons. The molecule has 1 rings (SSSR count). The molecule has 0 spiro atoms. The molecule has 0 aliphatic carbocycles. The van der Waals surface area contributed by atoms with E-state index in [4.69, 9.17) is 0 Å². The molecule has 0 aliphatic heterocycles. The molecule has 0 unspecified atom stereocenters. The van der Waals surface area contributed by atoms with Gasteiger partial charge in [0.2, 0.25) is 0 Å². The lowest BCUT2D eigenvalue weighted by Crippen LogP contribution is -2.07. The number of carbonyl (C=O) groups excluding carboxylic acids is 1. The van der Waals surface area contributed by atoms with Gasteiger partial charge in [0.05, 0.1) is 5.56 Å². The molecule has 0 bridgehead atoms. The SMILES string of the molecule is C=CCOC(=O)c1ccc(F)cc1F. The van der Waals surface area contributed by atoms with Crippen LogP contribution in [0, 0.1) is 11.6 Å². The summed E-state index contributed by atoms with van der Waals surface area (Å²) >= 11 is 0. The fraction of sp³-hybridized carbons (Fsp3) is 0.100. The van der Waals surface area contributed by atoms with E-state index in [0.29, 0.717) is 6.07 Å². The molecule has 0 radical (unpaired) electrons. The van der Waals surface area contributed by atoms with E-state index < -0.39 is 17.6 Å². The molecule has 0 N–H and O–H groups in total. The third-order valence-corrected chi connectivity index (χ3v) is 1.48. The van der Waals surface area contributed by atoms with E-state index in [1.165, 1.54) is 6.08 Å². The minimum absolute atomic E-state index is 0.00432. The highest BCUT2D eigenvalue weighted by Crippen LogP contribution is 2.10. The molecule has 0 amide bonds. The second-order valence-corrected chi connectivity index (χ2v) is 2.51. The van der Waals surface area contributed by atoms with Crippen LogP contribution >= 0.6 is 0 Å². The summed E-state index contributed by atoms with van der Waals surface area (Å²) in [7, 11) is 0. The van der Waals surface area contributed by atoms with Crippen molar-refractivity contribution in [1.29, 1.82) is 0 Å². The first-order chi connectivity index (χ1) is 6.65. The van der Waals surface area contributed by atoms with Gasteiger partial charge in [0.1, 0.15) is 18.2 Å². The quantitative estimate of drug-likeness (QED) is 0.550. The zero-order chi connectivity index (χ0) is 10.6. The van der Waals surface area contributed by atoms with E-state index in [1.54, 1.807) is 0 Å². The molecule has 0 atom stereocenters. The van der Waals surface area contributed by atoms with Crippen LogP contribution in [0.3, 0.4) is 0 Å². The smallest absolute Gasteiger partial charge is 0.341 e. The van der Waals surface area contributed by atoms with Crippen LogP contribution in [-0.4, -0.2) is 12.6 Å². The normalized spacial score (nSPS) is 9.57. The van der Waals surface area contributed by atoms with Crippen LogP contribution in [0.5, 0.6) is 0 Å². The Morgan fingerprint density at radius 2 is 2.21 bits per heavy atom. The van der Waals surface area contributed by atoms with Gasteiger partial charge in [0.15, 0.2) is 0 Å². The third kappa shape index (κ3) is 2.39. The van der Waals surface area contributed by atoms with E-state index >= 15 is 0 Å². The minimum Gasteiger partial charge on any atom is -0.458 e. The van der Waals surface area contributed by atoms with Crippen LogP contribution < -0.4 is 0 Å². The largest absolute Gasteiger partial charge is 0.458 e. The second-order valence-electron chi connectivity index (χ2n) is 2.51. The van der Waals surface area contributed by atoms with Gasteiger partial charge in [-0.1, -0.05) is 12.7 Å². The van der Waals surface area contributed by atoms with Crippen molar-refractivity contribution in [3.63, 3.8) is 0 Å². The number of ether oxygens (including phenoxy) is 1. The maximum atomic E-state index is 13.0. The first kappa shape index (κ1) is 10.4. The summed E-state index contributed by atoms with van der Waals surface area (Å²) in [6, 6.07) is 2.66. The summed E-state index contributed by atoms with van der Waals surface area (Å²) in [6.07, 6.45) is 1.36. The molecular formula is C10H8F2O2. The van der Waals surface area contributed by atoms with E-state index in [9.17, 15) is 13.6 Å². The highest BCUT2D eigenvalue weighted by atomic mass is 19.1. The highest BCUT2D eigenvalue weighted by molar-refractivity contribution is 5.89. The molecule has 1 aromatic carbocycles. The number of carbonyl (C=O) groups is 1. The number of rotatable bonds is 3. The Kier molecular flexibility index (Phi) is 3.34. The van der Waals surface area contributed by atoms with Crippen molar-refractivity contribution in [3.8, 4) is 0 Å². The fourth-order valence-corrected chi connectivity index (χ4v) is 0.867. The Morgan fingerprint density at radius 3 is 2.79 bits per heavy atom. The van der Waals surface area contributed by atoms with E-state index in [0.717, 1.165) is 12.1 Å². The van der Waals surface area contributed by atoms with Crippen molar-refractivity contribution in [2.75, 3.05) is 6.61 Å². The van der Waals surface area contributed by atoms with Crippen LogP contribution in [0.4, 0.5) is 8.78 Å². The number of benzene rings is 1. The standard InChI is InChI=1S/C10H8F2O2/c1-2-5-14-10(13)8-4-3-7(11)6-9(8)12/h2-4,6H,1,5H2. The van der Waals surface area contributed by atoms with Gasteiger partial charge >= 0.3 is 5.97 Å². The molecule has 4 heteroatoms. The van der Waals surface area contributed by atoms with Gasteiger partial charge < -0.3 is 4.74 Å². The molecule has 0 saturated carbocycles. The average Bonchev–Trinajstić information content (AvgIpc) is 2.14. The zero-order valence-corrected chi connectivity index (χ0v) is 7.30. The lowest BCUT2D eigenvalue weighted by Gasteiger charge is -2.02. The second kappa shape index (κ2) is 4.50. The predicted octanol–water partition coefficient (Wildman–Crippen LogP) is 2.31. The lowest BCUT2D eigenvalue weighted by atomic mass is 10.2. The number of hydrogen-bond acceptors (Lipinski definition) is 2. The summed E-state index contributed by atoms with van der Waals surface area (Å²) in [5.41, 5.74) is -0.284. The van der Waals surface area contributed by atoms with Crippen molar-refractivity contribution in [3.05, 3.63) is 48.1 Å². The van der Waals surface area contributed by atoms with Crippen molar-refractivity contribution in [2.45, 2.75) is 0 Å². The summed E-state index contributed by atoms with van der Waals surface area (Å²) in [4.78, 5) is 11.1. The molecular weight excluding hydrogens is 190 g/mol. The van der Waals surface area contributed by atoms with Crippen LogP contribution in [0.25, 0.3) is 0 Å². The van der Waals surface area contributed by atoms with Gasteiger partial charge in [-0.3, -0.25) is 0 Å². The maximum Gasteiger partial charge on any atom is 0.341 e. The summed E-state index contributed by atoms with van der Waals surface area (Å²) in [5, 5.41) is 0. The van der Waals surface area contributed by atoms with Crippen molar-refractivity contribution >= 4 is 5.97 Å². The van der Waals surface area contributed by atoms with Crippen LogP contribution in [0.15, 0.2) is 30.9 Å². The number of esters is 1. The predicted molar refractivity (Wildman–Crippen MR) is 46.8 cm³/mol. The van der Waals surface area contributed by atoms with E-state index in [-0.39, 0.29) is 12.2 Å². The Bertz CT molecular complexity index is 361. The molecule has 0 heterocycles. The van der Waals surface area contributed by atoms with Gasteiger partial charge in [-0.25, -0.2) is 13.6 Å². The number of hydrogen-bond donors (Lipinski definition) is 0. The Hall–Kier alpha value is -1.71. The van der Waals surface area contributed by atoms with Gasteiger partial charge in [-0.05, 0) is 12.1 Å². The van der Waals surface area contributed by atoms with Gasteiger partial charge in [0, 0.05) is 6.07 Å². The molecule has 0 aliphatic rings. The Morgan fingerprint density at radius 1 is 1.50 bits per heavy atom. The van der Waals surface area contributed by atoms with Crippen molar-refractivity contribution in [1.82, 2.24) is 0 Å². The Balaban J connectivity index is 2.84. The minimum atomic E-state index is -0.931. The molecule has 2 nitrogen and oxygen atoms in total. The van der Waals surface area contributed by atoms with Crippen molar-refractivity contribution < 1.29 is 18.3 Å². The van der Waals surface area contributed by atoms with Gasteiger partial charge in [0.25, 0.3) is 0 Å². The van der Waals surface area contributed by atoms with Gasteiger partial charge in [-0.2, -0.15) is 0 Å². The summed E-state index contributed by atoms with van der Waals surface area (Å²) in [6.45, 7) is 3.33. The number of halogens is 2. The molecule has 1 aromatic rings. The van der Waals surface area contributed by atoms with Gasteiger partial charge in [-0.15, -0.1) is 0 Å². The van der Waals surface area contributed by atoms with Crippen LogP contribution in [0.2, 0.25) is 0 Å². The van der Waals surface area contributed by atoms with E-state index in [1.807, 2.05) is 0 Å². The average molecular weight is 198 g/mol. The lowest BCUT2D eigenvalue weighted by molar-refractivity contribution is 0.0544. The third-order valence-electron chi connectivity index (χ3n) is 1.48. The highest BCUT2D eigenvalue weighted by Gasteiger charge is 2.12. The summed E-state index contributed by atoms with van der Waals surface area (Å²) in [5.74, 6) is -2.50. The summed E-state index contributed by atoms with van der Waals surface area (Å²) < 4.78 is 30.0. The fourth-order valence-electron chi connectivity index (χ4n) is 0.867. The molecule has 14 heavy (non-hydrogen) atoms. The van der Waals surface area contributed by atoms with Crippen LogP contribution in [0.1, 0.15) is 10.4 Å². The van der Waals surface area contributed by atoms with Crippen LogP contribution in [-0.2, 0) is 4.74 Å². The molecule has 0 fully saturated rings. The molecule has 0 saturated heterocycles.